The Morgan fingerprint density at radius 1 is 0.806 bits per heavy atom. The average molecular weight is 425 g/mol. The highest BCUT2D eigenvalue weighted by Crippen LogP contribution is 2.71. The van der Waals surface area contributed by atoms with Gasteiger partial charge in [-0.05, 0) is 121 Å². The monoisotopic (exact) mass is 424 g/mol. The Hall–Kier alpha value is -0.260. The first kappa shape index (κ1) is 22.5. The SMILES string of the molecule is CCC1CCC2(C)C(CCC3(C)C4CCC5(C)C(C)CC(C)CC5C4=CCC32)C1CC. The summed E-state index contributed by atoms with van der Waals surface area (Å²) >= 11 is 0. The third-order valence-electron chi connectivity index (χ3n) is 13.1. The highest BCUT2D eigenvalue weighted by Gasteiger charge is 2.62. The molecule has 5 aliphatic carbocycles. The van der Waals surface area contributed by atoms with Gasteiger partial charge in [-0.15, -0.1) is 0 Å². The molecule has 0 aromatic heterocycles. The van der Waals surface area contributed by atoms with Crippen LogP contribution in [0.5, 0.6) is 0 Å². The Balaban J connectivity index is 1.50. The standard InChI is InChI=1S/C31H52/c1-8-22-12-15-30(6)25(23(22)9-2)14-17-31(7)26-13-16-29(5)21(4)18-20(3)19-27(29)24(26)10-11-28(30)31/h10,20-23,25-28H,8-9,11-19H2,1-7H3. The Morgan fingerprint density at radius 2 is 1.52 bits per heavy atom. The molecule has 5 rings (SSSR count). The van der Waals surface area contributed by atoms with Crippen LogP contribution in [0.3, 0.4) is 0 Å². The second-order valence-electron chi connectivity index (χ2n) is 14.1. The predicted molar refractivity (Wildman–Crippen MR) is 134 cm³/mol. The van der Waals surface area contributed by atoms with Crippen LogP contribution in [-0.2, 0) is 0 Å². The van der Waals surface area contributed by atoms with Gasteiger partial charge in [-0.3, -0.25) is 0 Å². The summed E-state index contributed by atoms with van der Waals surface area (Å²) < 4.78 is 0. The summed E-state index contributed by atoms with van der Waals surface area (Å²) in [7, 11) is 0. The minimum Gasteiger partial charge on any atom is -0.0844 e. The van der Waals surface area contributed by atoms with Crippen molar-refractivity contribution in [2.24, 2.45) is 63.6 Å². The van der Waals surface area contributed by atoms with Crippen molar-refractivity contribution < 1.29 is 0 Å². The molecule has 0 heteroatoms. The molecule has 0 radical (unpaired) electrons. The summed E-state index contributed by atoms with van der Waals surface area (Å²) in [6, 6.07) is 0. The van der Waals surface area contributed by atoms with Gasteiger partial charge in [0.2, 0.25) is 0 Å². The lowest BCUT2D eigenvalue weighted by atomic mass is 9.38. The molecule has 176 valence electrons. The van der Waals surface area contributed by atoms with Crippen molar-refractivity contribution in [1.29, 1.82) is 0 Å². The molecule has 0 aromatic carbocycles. The van der Waals surface area contributed by atoms with Gasteiger partial charge >= 0.3 is 0 Å². The molecule has 31 heavy (non-hydrogen) atoms. The Bertz CT molecular complexity index is 718. The first-order chi connectivity index (χ1) is 14.7. The third-order valence-corrected chi connectivity index (χ3v) is 13.1. The van der Waals surface area contributed by atoms with Crippen LogP contribution in [0.15, 0.2) is 11.6 Å². The van der Waals surface area contributed by atoms with E-state index in [-0.39, 0.29) is 0 Å². The van der Waals surface area contributed by atoms with Crippen molar-refractivity contribution in [3.8, 4) is 0 Å². The fourth-order valence-electron chi connectivity index (χ4n) is 11.2. The zero-order valence-corrected chi connectivity index (χ0v) is 22.0. The minimum absolute atomic E-state index is 0.567. The summed E-state index contributed by atoms with van der Waals surface area (Å²) in [5, 5.41) is 0. The van der Waals surface area contributed by atoms with Crippen molar-refractivity contribution in [1.82, 2.24) is 0 Å². The van der Waals surface area contributed by atoms with Crippen LogP contribution >= 0.6 is 0 Å². The normalized spacial score (nSPS) is 56.5. The molecule has 0 spiro atoms. The summed E-state index contributed by atoms with van der Waals surface area (Å²) in [6.07, 6.45) is 19.1. The van der Waals surface area contributed by atoms with Gasteiger partial charge in [0, 0.05) is 0 Å². The van der Waals surface area contributed by atoms with E-state index in [0.29, 0.717) is 16.2 Å². The fourth-order valence-corrected chi connectivity index (χ4v) is 11.2. The summed E-state index contributed by atoms with van der Waals surface area (Å²) in [5.74, 6) is 7.51. The van der Waals surface area contributed by atoms with Crippen LogP contribution < -0.4 is 0 Å². The van der Waals surface area contributed by atoms with Gasteiger partial charge in [0.15, 0.2) is 0 Å². The summed E-state index contributed by atoms with van der Waals surface area (Å²) in [5.41, 5.74) is 3.70. The summed E-state index contributed by atoms with van der Waals surface area (Å²) in [6.45, 7) is 18.3. The molecule has 0 nitrogen and oxygen atoms in total. The quantitative estimate of drug-likeness (QED) is 0.387. The maximum atomic E-state index is 2.87. The Kier molecular flexibility index (Phi) is 5.54. The van der Waals surface area contributed by atoms with Gasteiger partial charge in [-0.25, -0.2) is 0 Å². The van der Waals surface area contributed by atoms with E-state index in [2.05, 4.69) is 54.5 Å². The smallest absolute Gasteiger partial charge is 0.0141 e. The van der Waals surface area contributed by atoms with E-state index in [1.807, 2.05) is 5.57 Å². The molecular weight excluding hydrogens is 372 g/mol. The zero-order chi connectivity index (χ0) is 22.2. The lowest BCUT2D eigenvalue weighted by Crippen LogP contribution is -2.59. The van der Waals surface area contributed by atoms with Crippen molar-refractivity contribution >= 4 is 0 Å². The molecule has 4 fully saturated rings. The molecule has 11 unspecified atom stereocenters. The van der Waals surface area contributed by atoms with E-state index in [4.69, 9.17) is 0 Å². The van der Waals surface area contributed by atoms with Gasteiger partial charge in [-0.2, -0.15) is 0 Å². The molecule has 0 aliphatic heterocycles. The van der Waals surface area contributed by atoms with E-state index >= 15 is 0 Å². The van der Waals surface area contributed by atoms with E-state index in [0.717, 1.165) is 47.3 Å². The van der Waals surface area contributed by atoms with Crippen LogP contribution in [0.25, 0.3) is 0 Å². The lowest BCUT2D eigenvalue weighted by Gasteiger charge is -2.67. The summed E-state index contributed by atoms with van der Waals surface area (Å²) in [4.78, 5) is 0. The topological polar surface area (TPSA) is 0 Å². The maximum absolute atomic E-state index is 2.87. The van der Waals surface area contributed by atoms with Crippen molar-refractivity contribution in [2.45, 2.75) is 119 Å². The van der Waals surface area contributed by atoms with Crippen LogP contribution in [0.2, 0.25) is 0 Å². The van der Waals surface area contributed by atoms with Crippen molar-refractivity contribution in [3.63, 3.8) is 0 Å². The second-order valence-corrected chi connectivity index (χ2v) is 14.1. The van der Waals surface area contributed by atoms with E-state index in [1.165, 1.54) is 70.6 Å². The fraction of sp³-hybridized carbons (Fsp3) is 0.935. The van der Waals surface area contributed by atoms with Crippen LogP contribution in [0.4, 0.5) is 0 Å². The molecule has 0 saturated heterocycles. The van der Waals surface area contributed by atoms with Crippen molar-refractivity contribution in [2.75, 3.05) is 0 Å². The van der Waals surface area contributed by atoms with E-state index in [9.17, 15) is 0 Å². The van der Waals surface area contributed by atoms with Gasteiger partial charge < -0.3 is 0 Å². The second kappa shape index (κ2) is 7.63. The van der Waals surface area contributed by atoms with E-state index < -0.39 is 0 Å². The molecule has 4 saturated carbocycles. The van der Waals surface area contributed by atoms with Gasteiger partial charge in [-0.1, -0.05) is 73.0 Å². The maximum Gasteiger partial charge on any atom is -0.0141 e. The van der Waals surface area contributed by atoms with E-state index in [1.54, 1.807) is 0 Å². The van der Waals surface area contributed by atoms with Gasteiger partial charge in [0.05, 0.1) is 0 Å². The first-order valence-electron chi connectivity index (χ1n) is 14.4. The minimum atomic E-state index is 0.567. The molecule has 0 N–H and O–H groups in total. The van der Waals surface area contributed by atoms with Gasteiger partial charge in [0.1, 0.15) is 0 Å². The molecule has 11 atom stereocenters. The lowest BCUT2D eigenvalue weighted by molar-refractivity contribution is -0.149. The third kappa shape index (κ3) is 3.04. The number of allylic oxidation sites excluding steroid dienone is 2. The number of fused-ring (bicyclic) bond motifs is 7. The molecule has 0 heterocycles. The molecule has 0 aromatic rings. The Labute approximate surface area is 194 Å². The molecule has 0 bridgehead atoms. The molecule has 5 aliphatic rings. The average Bonchev–Trinajstić information content (AvgIpc) is 2.73. The van der Waals surface area contributed by atoms with Crippen LogP contribution in [0, 0.1) is 63.6 Å². The zero-order valence-electron chi connectivity index (χ0n) is 22.0. The van der Waals surface area contributed by atoms with Gasteiger partial charge in [0.25, 0.3) is 0 Å². The van der Waals surface area contributed by atoms with Crippen LogP contribution in [-0.4, -0.2) is 0 Å². The first-order valence-corrected chi connectivity index (χ1v) is 14.4. The molecular formula is C31H52. The highest BCUT2D eigenvalue weighted by molar-refractivity contribution is 5.28. The van der Waals surface area contributed by atoms with Crippen LogP contribution in [0.1, 0.15) is 119 Å². The highest BCUT2D eigenvalue weighted by atomic mass is 14.7. The largest absolute Gasteiger partial charge is 0.0844 e. The van der Waals surface area contributed by atoms with Crippen molar-refractivity contribution in [3.05, 3.63) is 11.6 Å². The number of rotatable bonds is 2. The predicted octanol–water partition coefficient (Wildman–Crippen LogP) is 9.30. The Morgan fingerprint density at radius 3 is 2.23 bits per heavy atom. The molecule has 0 amide bonds. The number of hydrogen-bond donors (Lipinski definition) is 0. The number of hydrogen-bond acceptors (Lipinski definition) is 0.